The molecule has 0 aliphatic heterocycles. The Morgan fingerprint density at radius 3 is 2.24 bits per heavy atom. The molecule has 0 unspecified atom stereocenters. The van der Waals surface area contributed by atoms with Crippen LogP contribution in [0.4, 0.5) is 5.69 Å². The number of hydrogen-bond donors (Lipinski definition) is 1. The molecule has 0 atom stereocenters. The molecule has 3 aromatic rings. The highest BCUT2D eigenvalue weighted by atomic mass is 16.5. The Morgan fingerprint density at radius 2 is 1.45 bits per heavy atom. The van der Waals surface area contributed by atoms with Gasteiger partial charge < -0.3 is 14.8 Å². The van der Waals surface area contributed by atoms with Gasteiger partial charge in [0.15, 0.2) is 0 Å². The van der Waals surface area contributed by atoms with Gasteiger partial charge in [0.1, 0.15) is 11.5 Å². The van der Waals surface area contributed by atoms with Crippen molar-refractivity contribution < 1.29 is 9.47 Å². The van der Waals surface area contributed by atoms with Crippen LogP contribution in [0.2, 0.25) is 0 Å². The van der Waals surface area contributed by atoms with E-state index in [-0.39, 0.29) is 0 Å². The molecule has 29 heavy (non-hydrogen) atoms. The smallest absolute Gasteiger partial charge is 0.121 e. The molecule has 0 heterocycles. The van der Waals surface area contributed by atoms with Crippen molar-refractivity contribution in [1.82, 2.24) is 0 Å². The summed E-state index contributed by atoms with van der Waals surface area (Å²) in [5, 5.41) is 3.47. The molecule has 0 radical (unpaired) electrons. The van der Waals surface area contributed by atoms with Gasteiger partial charge in [0.05, 0.1) is 13.2 Å². The molecular weight excluding hydrogens is 358 g/mol. The number of anilines is 1. The van der Waals surface area contributed by atoms with E-state index >= 15 is 0 Å². The van der Waals surface area contributed by atoms with Crippen LogP contribution in [0.3, 0.4) is 0 Å². The first-order chi connectivity index (χ1) is 14.3. The second-order valence-electron chi connectivity index (χ2n) is 7.16. The van der Waals surface area contributed by atoms with Gasteiger partial charge in [0.2, 0.25) is 0 Å². The first-order valence-corrected chi connectivity index (χ1v) is 10.6. The number of hydrogen-bond acceptors (Lipinski definition) is 3. The van der Waals surface area contributed by atoms with E-state index in [9.17, 15) is 0 Å². The third-order valence-electron chi connectivity index (χ3n) is 4.74. The minimum absolute atomic E-state index is 0.720. The number of unbranched alkanes of at least 4 members (excludes halogenated alkanes) is 1. The van der Waals surface area contributed by atoms with E-state index in [0.29, 0.717) is 0 Å². The number of nitrogens with one attached hydrogen (secondary N) is 1. The number of aryl methyl sites for hydroxylation is 1. The molecule has 0 fully saturated rings. The van der Waals surface area contributed by atoms with Gasteiger partial charge in [-0.3, -0.25) is 0 Å². The fraction of sp³-hybridized carbons (Fsp3) is 0.308. The van der Waals surface area contributed by atoms with Crippen molar-refractivity contribution in [2.75, 3.05) is 18.5 Å². The summed E-state index contributed by atoms with van der Waals surface area (Å²) < 4.78 is 11.6. The molecule has 0 saturated carbocycles. The molecule has 0 spiro atoms. The molecule has 1 N–H and O–H groups in total. The van der Waals surface area contributed by atoms with Crippen molar-refractivity contribution in [3.05, 3.63) is 90.0 Å². The number of rotatable bonds is 12. The van der Waals surface area contributed by atoms with Gasteiger partial charge in [-0.1, -0.05) is 61.9 Å². The molecule has 3 heteroatoms. The molecule has 3 rings (SSSR count). The Morgan fingerprint density at radius 1 is 0.690 bits per heavy atom. The molecule has 0 aliphatic rings. The zero-order valence-electron chi connectivity index (χ0n) is 17.3. The van der Waals surface area contributed by atoms with Gasteiger partial charge in [-0.2, -0.15) is 0 Å². The molecule has 0 aliphatic carbocycles. The van der Waals surface area contributed by atoms with E-state index in [1.54, 1.807) is 0 Å². The molecular formula is C26H31NO2. The van der Waals surface area contributed by atoms with Gasteiger partial charge >= 0.3 is 0 Å². The topological polar surface area (TPSA) is 30.5 Å². The first kappa shape index (κ1) is 20.8. The molecule has 152 valence electrons. The van der Waals surface area contributed by atoms with Crippen LogP contribution < -0.4 is 14.8 Å². The van der Waals surface area contributed by atoms with Crippen LogP contribution in [-0.2, 0) is 13.0 Å². The van der Waals surface area contributed by atoms with Gasteiger partial charge in [-0.15, -0.1) is 0 Å². The SMILES string of the molecule is CCCCOc1ccc(CNc2cccc(OCCCc3ccccc3)c2)cc1. The lowest BCUT2D eigenvalue weighted by molar-refractivity contribution is 0.309. The summed E-state index contributed by atoms with van der Waals surface area (Å²) in [5.74, 6) is 1.84. The maximum absolute atomic E-state index is 5.93. The lowest BCUT2D eigenvalue weighted by atomic mass is 10.1. The molecule has 0 aromatic heterocycles. The van der Waals surface area contributed by atoms with Crippen LogP contribution in [0.1, 0.15) is 37.3 Å². The highest BCUT2D eigenvalue weighted by Crippen LogP contribution is 2.19. The van der Waals surface area contributed by atoms with Crippen molar-refractivity contribution in [2.24, 2.45) is 0 Å². The molecule has 0 saturated heterocycles. The van der Waals surface area contributed by atoms with Gasteiger partial charge in [0.25, 0.3) is 0 Å². The Labute approximate surface area is 174 Å². The predicted octanol–water partition coefficient (Wildman–Crippen LogP) is 6.49. The van der Waals surface area contributed by atoms with Crippen LogP contribution in [0.5, 0.6) is 11.5 Å². The van der Waals surface area contributed by atoms with E-state index < -0.39 is 0 Å². The zero-order valence-corrected chi connectivity index (χ0v) is 17.3. The highest BCUT2D eigenvalue weighted by molar-refractivity contribution is 5.48. The van der Waals surface area contributed by atoms with Gasteiger partial charge in [-0.25, -0.2) is 0 Å². The second kappa shape index (κ2) is 11.8. The van der Waals surface area contributed by atoms with E-state index in [1.165, 1.54) is 11.1 Å². The summed E-state index contributed by atoms with van der Waals surface area (Å²) in [6.07, 6.45) is 4.29. The molecule has 3 nitrogen and oxygen atoms in total. The fourth-order valence-electron chi connectivity index (χ4n) is 3.05. The monoisotopic (exact) mass is 389 g/mol. The van der Waals surface area contributed by atoms with Crippen molar-refractivity contribution in [3.63, 3.8) is 0 Å². The maximum atomic E-state index is 5.93. The van der Waals surface area contributed by atoms with Crippen LogP contribution in [0.15, 0.2) is 78.9 Å². The maximum Gasteiger partial charge on any atom is 0.121 e. The molecule has 0 amide bonds. The van der Waals surface area contributed by atoms with Crippen molar-refractivity contribution in [3.8, 4) is 11.5 Å². The fourth-order valence-corrected chi connectivity index (χ4v) is 3.05. The quantitative estimate of drug-likeness (QED) is 0.359. The summed E-state index contributed by atoms with van der Waals surface area (Å²) in [7, 11) is 0. The van der Waals surface area contributed by atoms with Crippen molar-refractivity contribution in [1.29, 1.82) is 0 Å². The van der Waals surface area contributed by atoms with E-state index in [0.717, 1.165) is 62.6 Å². The minimum atomic E-state index is 0.720. The number of benzene rings is 3. The van der Waals surface area contributed by atoms with E-state index in [1.807, 2.05) is 30.3 Å². The third-order valence-corrected chi connectivity index (χ3v) is 4.74. The second-order valence-corrected chi connectivity index (χ2v) is 7.16. The summed E-state index contributed by atoms with van der Waals surface area (Å²) in [6, 6.07) is 27.0. The summed E-state index contributed by atoms with van der Waals surface area (Å²) in [6.45, 7) is 4.44. The van der Waals surface area contributed by atoms with Crippen LogP contribution in [0, 0.1) is 0 Å². The van der Waals surface area contributed by atoms with Crippen molar-refractivity contribution >= 4 is 5.69 Å². The predicted molar refractivity (Wildman–Crippen MR) is 121 cm³/mol. The van der Waals surface area contributed by atoms with Crippen LogP contribution in [0.25, 0.3) is 0 Å². The normalized spacial score (nSPS) is 10.5. The first-order valence-electron chi connectivity index (χ1n) is 10.6. The standard InChI is InChI=1S/C26H31NO2/c1-2-3-18-28-25-16-14-23(15-17-25)21-27-24-12-7-13-26(20-24)29-19-8-11-22-9-5-4-6-10-22/h4-7,9-10,12-17,20,27H,2-3,8,11,18-19,21H2,1H3. The largest absolute Gasteiger partial charge is 0.494 e. The lowest BCUT2D eigenvalue weighted by Gasteiger charge is -2.11. The highest BCUT2D eigenvalue weighted by Gasteiger charge is 2.00. The third kappa shape index (κ3) is 7.53. The van der Waals surface area contributed by atoms with E-state index in [4.69, 9.17) is 9.47 Å². The molecule has 3 aromatic carbocycles. The Kier molecular flexibility index (Phi) is 8.46. The Bertz CT molecular complexity index is 831. The van der Waals surface area contributed by atoms with Crippen molar-refractivity contribution in [2.45, 2.75) is 39.2 Å². The van der Waals surface area contributed by atoms with Crippen LogP contribution >= 0.6 is 0 Å². The van der Waals surface area contributed by atoms with E-state index in [2.05, 4.69) is 60.8 Å². The summed E-state index contributed by atoms with van der Waals surface area (Å²) in [4.78, 5) is 0. The number of ether oxygens (including phenoxy) is 2. The lowest BCUT2D eigenvalue weighted by Crippen LogP contribution is -2.02. The summed E-state index contributed by atoms with van der Waals surface area (Å²) in [5.41, 5.74) is 3.64. The van der Waals surface area contributed by atoms with Gasteiger partial charge in [0, 0.05) is 18.3 Å². The average molecular weight is 390 g/mol. The Hall–Kier alpha value is -2.94. The Balaban J connectivity index is 1.41. The average Bonchev–Trinajstić information content (AvgIpc) is 2.77. The van der Waals surface area contributed by atoms with Crippen LogP contribution in [-0.4, -0.2) is 13.2 Å². The molecule has 0 bridgehead atoms. The summed E-state index contributed by atoms with van der Waals surface area (Å²) >= 11 is 0. The van der Waals surface area contributed by atoms with Gasteiger partial charge in [-0.05, 0) is 54.7 Å². The zero-order chi connectivity index (χ0) is 20.2. The minimum Gasteiger partial charge on any atom is -0.494 e.